The van der Waals surface area contributed by atoms with Crippen LogP contribution in [0.15, 0.2) is 0 Å². The van der Waals surface area contributed by atoms with Gasteiger partial charge in [-0.25, -0.2) is 0 Å². The quantitative estimate of drug-likeness (QED) is 0.797. The van der Waals surface area contributed by atoms with E-state index in [1.165, 1.54) is 19.3 Å². The zero-order chi connectivity index (χ0) is 13.1. The summed E-state index contributed by atoms with van der Waals surface area (Å²) >= 11 is 0. The molecule has 0 saturated heterocycles. The predicted molar refractivity (Wildman–Crippen MR) is 74.2 cm³/mol. The maximum Gasteiger partial charge on any atom is 0.0555 e. The lowest BCUT2D eigenvalue weighted by Gasteiger charge is -2.47. The Morgan fingerprint density at radius 2 is 1.88 bits per heavy atom. The summed E-state index contributed by atoms with van der Waals surface area (Å²) in [6, 6.07) is 0.564. The SMILES string of the molecule is CCCC1CCC(O)CC1N(C)C(C)(C)CC. The molecular weight excluding hydrogens is 210 g/mol. The third-order valence-electron chi connectivity index (χ3n) is 4.91. The normalized spacial score (nSPS) is 30.9. The smallest absolute Gasteiger partial charge is 0.0555 e. The zero-order valence-corrected chi connectivity index (χ0v) is 12.4. The van der Waals surface area contributed by atoms with Gasteiger partial charge in [-0.15, -0.1) is 0 Å². The summed E-state index contributed by atoms with van der Waals surface area (Å²) in [5.74, 6) is 0.777. The van der Waals surface area contributed by atoms with Gasteiger partial charge in [0.2, 0.25) is 0 Å². The molecule has 17 heavy (non-hydrogen) atoms. The van der Waals surface area contributed by atoms with Gasteiger partial charge >= 0.3 is 0 Å². The molecule has 0 spiro atoms. The Balaban J connectivity index is 2.74. The summed E-state index contributed by atoms with van der Waals surface area (Å²) in [6.45, 7) is 9.16. The second-order valence-corrected chi connectivity index (χ2v) is 6.36. The Kier molecular flexibility index (Phi) is 5.46. The highest BCUT2D eigenvalue weighted by molar-refractivity contribution is 4.91. The molecule has 2 heteroatoms. The van der Waals surface area contributed by atoms with Gasteiger partial charge in [0, 0.05) is 11.6 Å². The van der Waals surface area contributed by atoms with Crippen LogP contribution in [-0.2, 0) is 0 Å². The van der Waals surface area contributed by atoms with Crippen LogP contribution in [0.3, 0.4) is 0 Å². The molecule has 1 aliphatic rings. The van der Waals surface area contributed by atoms with Gasteiger partial charge in [0.1, 0.15) is 0 Å². The molecule has 3 unspecified atom stereocenters. The molecule has 0 radical (unpaired) electrons. The van der Waals surface area contributed by atoms with Crippen molar-refractivity contribution in [2.75, 3.05) is 7.05 Å². The van der Waals surface area contributed by atoms with Crippen LogP contribution in [0.2, 0.25) is 0 Å². The number of rotatable bonds is 5. The summed E-state index contributed by atoms with van der Waals surface area (Å²) < 4.78 is 0. The molecule has 0 bridgehead atoms. The van der Waals surface area contributed by atoms with E-state index in [4.69, 9.17) is 0 Å². The predicted octanol–water partition coefficient (Wildman–Crippen LogP) is 3.44. The van der Waals surface area contributed by atoms with Crippen LogP contribution in [0.5, 0.6) is 0 Å². The molecule has 0 aliphatic heterocycles. The van der Waals surface area contributed by atoms with Crippen molar-refractivity contribution >= 4 is 0 Å². The molecule has 3 atom stereocenters. The van der Waals surface area contributed by atoms with Crippen LogP contribution in [0.1, 0.15) is 66.2 Å². The van der Waals surface area contributed by atoms with Crippen molar-refractivity contribution in [3.63, 3.8) is 0 Å². The molecule has 102 valence electrons. The van der Waals surface area contributed by atoms with Crippen LogP contribution >= 0.6 is 0 Å². The van der Waals surface area contributed by atoms with Gasteiger partial charge in [-0.3, -0.25) is 4.90 Å². The first-order valence-corrected chi connectivity index (χ1v) is 7.33. The van der Waals surface area contributed by atoms with Gasteiger partial charge in [0.15, 0.2) is 0 Å². The van der Waals surface area contributed by atoms with E-state index in [2.05, 4.69) is 39.6 Å². The van der Waals surface area contributed by atoms with Crippen LogP contribution in [0, 0.1) is 5.92 Å². The Labute approximate surface area is 107 Å². The van der Waals surface area contributed by atoms with Crippen LogP contribution in [-0.4, -0.2) is 34.7 Å². The van der Waals surface area contributed by atoms with E-state index >= 15 is 0 Å². The highest BCUT2D eigenvalue weighted by atomic mass is 16.3. The topological polar surface area (TPSA) is 23.5 Å². The number of nitrogens with zero attached hydrogens (tertiary/aromatic N) is 1. The van der Waals surface area contributed by atoms with Gasteiger partial charge < -0.3 is 5.11 Å². The van der Waals surface area contributed by atoms with Gasteiger partial charge in [-0.2, -0.15) is 0 Å². The van der Waals surface area contributed by atoms with Crippen molar-refractivity contribution < 1.29 is 5.11 Å². The number of aliphatic hydroxyl groups excluding tert-OH is 1. The first-order valence-electron chi connectivity index (χ1n) is 7.33. The fourth-order valence-electron chi connectivity index (χ4n) is 3.07. The number of hydrogen-bond acceptors (Lipinski definition) is 2. The maximum atomic E-state index is 9.93. The lowest BCUT2D eigenvalue weighted by molar-refractivity contribution is -0.00807. The minimum absolute atomic E-state index is 0.0804. The first-order chi connectivity index (χ1) is 7.92. The van der Waals surface area contributed by atoms with Crippen molar-refractivity contribution in [2.45, 2.75) is 83.9 Å². The highest BCUT2D eigenvalue weighted by Gasteiger charge is 2.36. The van der Waals surface area contributed by atoms with Crippen molar-refractivity contribution in [1.82, 2.24) is 4.90 Å². The van der Waals surface area contributed by atoms with Gasteiger partial charge in [-0.1, -0.05) is 20.3 Å². The lowest BCUT2D eigenvalue weighted by Crippen LogP contribution is -2.52. The molecule has 1 fully saturated rings. The van der Waals surface area contributed by atoms with Gasteiger partial charge in [-0.05, 0) is 58.9 Å². The Bertz CT molecular complexity index is 227. The Morgan fingerprint density at radius 1 is 1.24 bits per heavy atom. The average Bonchev–Trinajstić information content (AvgIpc) is 2.30. The van der Waals surface area contributed by atoms with Crippen LogP contribution in [0.4, 0.5) is 0 Å². The maximum absolute atomic E-state index is 9.93. The Hall–Kier alpha value is -0.0800. The molecule has 0 heterocycles. The fourth-order valence-corrected chi connectivity index (χ4v) is 3.07. The summed E-state index contributed by atoms with van der Waals surface area (Å²) in [5.41, 5.74) is 0.244. The largest absolute Gasteiger partial charge is 0.393 e. The summed E-state index contributed by atoms with van der Waals surface area (Å²) in [4.78, 5) is 2.52. The average molecular weight is 241 g/mol. The van der Waals surface area contributed by atoms with E-state index in [1.807, 2.05) is 0 Å². The zero-order valence-electron chi connectivity index (χ0n) is 12.4. The molecule has 2 nitrogen and oxygen atoms in total. The molecule has 0 amide bonds. The number of aliphatic hydroxyl groups is 1. The molecule has 1 N–H and O–H groups in total. The minimum Gasteiger partial charge on any atom is -0.393 e. The highest BCUT2D eigenvalue weighted by Crippen LogP contribution is 2.35. The molecule has 0 aromatic carbocycles. The van der Waals surface area contributed by atoms with E-state index in [9.17, 15) is 5.11 Å². The van der Waals surface area contributed by atoms with E-state index in [-0.39, 0.29) is 11.6 Å². The molecule has 1 rings (SSSR count). The van der Waals surface area contributed by atoms with Crippen LogP contribution < -0.4 is 0 Å². The third kappa shape index (κ3) is 3.69. The monoisotopic (exact) mass is 241 g/mol. The number of hydrogen-bond donors (Lipinski definition) is 1. The van der Waals surface area contributed by atoms with Crippen LogP contribution in [0.25, 0.3) is 0 Å². The van der Waals surface area contributed by atoms with E-state index in [1.54, 1.807) is 0 Å². The van der Waals surface area contributed by atoms with Crippen molar-refractivity contribution in [1.29, 1.82) is 0 Å². The molecule has 1 saturated carbocycles. The standard InChI is InChI=1S/C15H31NO/c1-6-8-12-9-10-13(17)11-14(12)16(5)15(3,4)7-2/h12-14,17H,6-11H2,1-5H3. The molecular formula is C15H31NO. The van der Waals surface area contributed by atoms with Crippen molar-refractivity contribution in [2.24, 2.45) is 5.92 Å². The van der Waals surface area contributed by atoms with E-state index in [0.717, 1.165) is 25.2 Å². The summed E-state index contributed by atoms with van der Waals surface area (Å²) in [5, 5.41) is 9.93. The van der Waals surface area contributed by atoms with Crippen molar-refractivity contribution in [3.8, 4) is 0 Å². The summed E-state index contributed by atoms with van der Waals surface area (Å²) in [6.07, 6.45) is 6.81. The van der Waals surface area contributed by atoms with E-state index in [0.29, 0.717) is 6.04 Å². The molecule has 0 aromatic heterocycles. The minimum atomic E-state index is -0.0804. The van der Waals surface area contributed by atoms with E-state index < -0.39 is 0 Å². The lowest BCUT2D eigenvalue weighted by atomic mass is 9.78. The fraction of sp³-hybridized carbons (Fsp3) is 1.00. The van der Waals surface area contributed by atoms with Crippen molar-refractivity contribution in [3.05, 3.63) is 0 Å². The summed E-state index contributed by atoms with van der Waals surface area (Å²) in [7, 11) is 2.24. The first kappa shape index (κ1) is 15.0. The second kappa shape index (κ2) is 6.19. The van der Waals surface area contributed by atoms with Gasteiger partial charge in [0.05, 0.1) is 6.10 Å². The van der Waals surface area contributed by atoms with Gasteiger partial charge in [0.25, 0.3) is 0 Å². The second-order valence-electron chi connectivity index (χ2n) is 6.36. The Morgan fingerprint density at radius 3 is 2.41 bits per heavy atom. The third-order valence-corrected chi connectivity index (χ3v) is 4.91. The molecule has 0 aromatic rings. The molecule has 1 aliphatic carbocycles.